The maximum Gasteiger partial charge on any atom is 0.279 e. The van der Waals surface area contributed by atoms with Gasteiger partial charge in [-0.15, -0.1) is 0 Å². The third-order valence-electron chi connectivity index (χ3n) is 4.83. The van der Waals surface area contributed by atoms with E-state index in [-0.39, 0.29) is 5.91 Å². The van der Waals surface area contributed by atoms with Crippen molar-refractivity contribution in [3.8, 4) is 5.69 Å². The molecular formula is C19H27N4O+. The molecule has 5 heteroatoms. The molecule has 0 radical (unpaired) electrons. The normalized spacial score (nSPS) is 20.8. The highest BCUT2D eigenvalue weighted by atomic mass is 16.2. The average molecular weight is 327 g/mol. The number of hydrogen-bond acceptors (Lipinski definition) is 2. The molecule has 0 aliphatic carbocycles. The van der Waals surface area contributed by atoms with Gasteiger partial charge in [-0.25, -0.2) is 4.68 Å². The molecule has 1 unspecified atom stereocenters. The van der Waals surface area contributed by atoms with Crippen molar-refractivity contribution in [2.45, 2.75) is 33.6 Å². The number of anilines is 1. The maximum atomic E-state index is 12.5. The minimum atomic E-state index is 0.0814. The van der Waals surface area contributed by atoms with Gasteiger partial charge in [-0.1, -0.05) is 25.1 Å². The van der Waals surface area contributed by atoms with Crippen molar-refractivity contribution in [1.29, 1.82) is 0 Å². The summed E-state index contributed by atoms with van der Waals surface area (Å²) in [4.78, 5) is 13.9. The summed E-state index contributed by atoms with van der Waals surface area (Å²) in [5.74, 6) is 0.795. The zero-order chi connectivity index (χ0) is 17.1. The van der Waals surface area contributed by atoms with Crippen LogP contribution in [0.2, 0.25) is 0 Å². The Kier molecular flexibility index (Phi) is 5.00. The summed E-state index contributed by atoms with van der Waals surface area (Å²) in [5, 5.41) is 7.68. The number of aryl methyl sites for hydroxylation is 1. The molecule has 1 aromatic carbocycles. The van der Waals surface area contributed by atoms with Gasteiger partial charge >= 0.3 is 0 Å². The van der Waals surface area contributed by atoms with Crippen molar-refractivity contribution >= 4 is 11.6 Å². The van der Waals surface area contributed by atoms with Crippen LogP contribution in [0.25, 0.3) is 5.69 Å². The highest BCUT2D eigenvalue weighted by Gasteiger charge is 2.23. The van der Waals surface area contributed by atoms with Gasteiger partial charge in [-0.2, -0.15) is 5.10 Å². The molecule has 2 atom stereocenters. The van der Waals surface area contributed by atoms with E-state index in [1.165, 1.54) is 17.7 Å². The molecule has 128 valence electrons. The number of para-hydroxylation sites is 1. The van der Waals surface area contributed by atoms with Crippen LogP contribution in [-0.4, -0.2) is 35.3 Å². The Morgan fingerprint density at radius 3 is 2.79 bits per heavy atom. The van der Waals surface area contributed by atoms with Crippen LogP contribution in [0, 0.1) is 19.8 Å². The predicted octanol–water partition coefficient (Wildman–Crippen LogP) is 1.74. The first-order valence-corrected chi connectivity index (χ1v) is 8.79. The van der Waals surface area contributed by atoms with Gasteiger partial charge in [0.25, 0.3) is 5.91 Å². The summed E-state index contributed by atoms with van der Waals surface area (Å²) >= 11 is 0. The zero-order valence-corrected chi connectivity index (χ0v) is 14.8. The van der Waals surface area contributed by atoms with Crippen LogP contribution in [-0.2, 0) is 4.79 Å². The highest BCUT2D eigenvalue weighted by Crippen LogP contribution is 2.22. The lowest BCUT2D eigenvalue weighted by atomic mass is 10.0. The van der Waals surface area contributed by atoms with Gasteiger partial charge in [-0.3, -0.25) is 4.79 Å². The van der Waals surface area contributed by atoms with Gasteiger partial charge in [0, 0.05) is 5.92 Å². The molecule has 2 heterocycles. The van der Waals surface area contributed by atoms with E-state index in [4.69, 9.17) is 0 Å². The molecule has 3 rings (SSSR count). The molecule has 0 bridgehead atoms. The Labute approximate surface area is 143 Å². The average Bonchev–Trinajstić information content (AvgIpc) is 2.84. The van der Waals surface area contributed by atoms with Gasteiger partial charge in [0.15, 0.2) is 6.54 Å². The van der Waals surface area contributed by atoms with Crippen LogP contribution in [0.15, 0.2) is 30.3 Å². The van der Waals surface area contributed by atoms with E-state index in [0.717, 1.165) is 35.9 Å². The van der Waals surface area contributed by atoms with Crippen molar-refractivity contribution in [3.05, 3.63) is 41.7 Å². The molecule has 0 spiro atoms. The molecule has 1 saturated heterocycles. The quantitative estimate of drug-likeness (QED) is 0.899. The number of quaternary nitrogens is 1. The molecule has 0 saturated carbocycles. The van der Waals surface area contributed by atoms with Crippen LogP contribution in [0.4, 0.5) is 5.69 Å². The monoisotopic (exact) mass is 327 g/mol. The van der Waals surface area contributed by atoms with E-state index in [1.54, 1.807) is 0 Å². The minimum Gasteiger partial charge on any atom is -0.327 e. The van der Waals surface area contributed by atoms with Crippen molar-refractivity contribution in [2.75, 3.05) is 25.0 Å². The summed E-state index contributed by atoms with van der Waals surface area (Å²) in [5.41, 5.74) is 3.67. The molecule has 2 aromatic rings. The standard InChI is InChI=1S/C19H26N4O/c1-14-8-7-11-22(12-14)13-18(24)20-19-15(2)21-23(16(19)3)17-9-5-4-6-10-17/h4-6,9-10,14H,7-8,11-13H2,1-3H3,(H,20,24)/p+1/t14-/m1/s1. The number of benzene rings is 1. The fraction of sp³-hybridized carbons (Fsp3) is 0.474. The third kappa shape index (κ3) is 3.67. The number of likely N-dealkylation sites (tertiary alicyclic amines) is 1. The number of rotatable bonds is 4. The van der Waals surface area contributed by atoms with Gasteiger partial charge in [-0.05, 0) is 38.8 Å². The molecule has 5 nitrogen and oxygen atoms in total. The molecule has 1 aliphatic rings. The van der Waals surface area contributed by atoms with E-state index in [1.807, 2.05) is 48.9 Å². The highest BCUT2D eigenvalue weighted by molar-refractivity contribution is 5.92. The molecule has 1 fully saturated rings. The van der Waals surface area contributed by atoms with E-state index >= 15 is 0 Å². The van der Waals surface area contributed by atoms with Gasteiger partial charge in [0.2, 0.25) is 0 Å². The first-order chi connectivity index (χ1) is 11.5. The molecular weight excluding hydrogens is 300 g/mol. The lowest BCUT2D eigenvalue weighted by Crippen LogP contribution is -3.14. The number of nitrogens with zero attached hydrogens (tertiary/aromatic N) is 2. The lowest BCUT2D eigenvalue weighted by molar-refractivity contribution is -0.900. The minimum absolute atomic E-state index is 0.0814. The van der Waals surface area contributed by atoms with Crippen LogP contribution in [0.5, 0.6) is 0 Å². The SMILES string of the molecule is Cc1nn(-c2ccccc2)c(C)c1NC(=O)C[NH+]1CCC[C@@H](C)C1. The fourth-order valence-electron chi connectivity index (χ4n) is 3.61. The van der Waals surface area contributed by atoms with Gasteiger partial charge in [0.1, 0.15) is 0 Å². The Bertz CT molecular complexity index is 708. The molecule has 1 amide bonds. The molecule has 2 N–H and O–H groups in total. The van der Waals surface area contributed by atoms with Crippen molar-refractivity contribution in [1.82, 2.24) is 9.78 Å². The van der Waals surface area contributed by atoms with Gasteiger partial charge in [0.05, 0.1) is 35.9 Å². The van der Waals surface area contributed by atoms with E-state index in [2.05, 4.69) is 17.3 Å². The number of carbonyl (C=O) groups excluding carboxylic acids is 1. The number of piperidine rings is 1. The third-order valence-corrected chi connectivity index (χ3v) is 4.83. The largest absolute Gasteiger partial charge is 0.327 e. The second-order valence-electron chi connectivity index (χ2n) is 6.97. The summed E-state index contributed by atoms with van der Waals surface area (Å²) < 4.78 is 1.89. The van der Waals surface area contributed by atoms with Crippen LogP contribution in [0.3, 0.4) is 0 Å². The Morgan fingerprint density at radius 1 is 1.33 bits per heavy atom. The van der Waals surface area contributed by atoms with E-state index in [0.29, 0.717) is 12.5 Å². The second-order valence-corrected chi connectivity index (χ2v) is 6.97. The molecule has 24 heavy (non-hydrogen) atoms. The van der Waals surface area contributed by atoms with Crippen LogP contribution >= 0.6 is 0 Å². The Balaban J connectivity index is 1.71. The van der Waals surface area contributed by atoms with E-state index in [9.17, 15) is 4.79 Å². The second kappa shape index (κ2) is 7.18. The summed E-state index contributed by atoms with van der Waals surface area (Å²) in [7, 11) is 0. The number of carbonyl (C=O) groups is 1. The van der Waals surface area contributed by atoms with Crippen molar-refractivity contribution < 1.29 is 9.69 Å². The van der Waals surface area contributed by atoms with Crippen molar-refractivity contribution in [3.63, 3.8) is 0 Å². The number of aromatic nitrogens is 2. The summed E-state index contributed by atoms with van der Waals surface area (Å²) in [6, 6.07) is 10.0. The number of nitrogens with one attached hydrogen (secondary N) is 2. The number of amides is 1. The number of hydrogen-bond donors (Lipinski definition) is 2. The van der Waals surface area contributed by atoms with Gasteiger partial charge < -0.3 is 10.2 Å². The summed E-state index contributed by atoms with van der Waals surface area (Å²) in [6.07, 6.45) is 2.50. The van der Waals surface area contributed by atoms with Crippen molar-refractivity contribution in [2.24, 2.45) is 5.92 Å². The molecule has 1 aromatic heterocycles. The predicted molar refractivity (Wildman–Crippen MR) is 95.6 cm³/mol. The summed E-state index contributed by atoms with van der Waals surface area (Å²) in [6.45, 7) is 8.94. The Morgan fingerprint density at radius 2 is 2.08 bits per heavy atom. The first kappa shape index (κ1) is 16.7. The van der Waals surface area contributed by atoms with E-state index < -0.39 is 0 Å². The fourth-order valence-corrected chi connectivity index (χ4v) is 3.61. The maximum absolute atomic E-state index is 12.5. The van der Waals surface area contributed by atoms with Crippen LogP contribution < -0.4 is 10.2 Å². The van der Waals surface area contributed by atoms with Crippen LogP contribution in [0.1, 0.15) is 31.2 Å². The smallest absolute Gasteiger partial charge is 0.279 e. The topological polar surface area (TPSA) is 51.4 Å². The zero-order valence-electron chi connectivity index (χ0n) is 14.8. The lowest BCUT2D eigenvalue weighted by Gasteiger charge is -2.27. The first-order valence-electron chi connectivity index (χ1n) is 8.79. The molecule has 1 aliphatic heterocycles. The Hall–Kier alpha value is -2.14.